The van der Waals surface area contributed by atoms with E-state index in [1.54, 1.807) is 0 Å². The van der Waals surface area contributed by atoms with Crippen molar-refractivity contribution in [2.75, 3.05) is 33.9 Å². The molecule has 0 bridgehead atoms. The van der Waals surface area contributed by atoms with Gasteiger partial charge in [0.25, 0.3) is 0 Å². The second kappa shape index (κ2) is 6.88. The Hall–Kier alpha value is -0.900. The van der Waals surface area contributed by atoms with Gasteiger partial charge in [-0.15, -0.1) is 0 Å². The third-order valence-electron chi connectivity index (χ3n) is 3.84. The first-order valence-corrected chi connectivity index (χ1v) is 6.82. The van der Waals surface area contributed by atoms with E-state index in [0.717, 1.165) is 32.6 Å². The molecular weight excluding hydrogens is 224 g/mol. The molecular formula is C15H24N2O. The van der Waals surface area contributed by atoms with E-state index in [2.05, 4.69) is 47.6 Å². The number of likely N-dealkylation sites (N-methyl/N-ethyl adjacent to an activating group) is 2. The lowest BCUT2D eigenvalue weighted by molar-refractivity contribution is 0.0283. The first kappa shape index (κ1) is 13.5. The standard InChI is InChI=1S/C15H24N2O/c1-16-12-15(13-6-4-3-5-7-13)17(2)14-8-10-18-11-9-14/h3-7,14-16H,8-12H2,1-2H3. The quantitative estimate of drug-likeness (QED) is 0.863. The number of ether oxygens (including phenoxy) is 1. The van der Waals surface area contributed by atoms with Crippen LogP contribution < -0.4 is 5.32 Å². The fraction of sp³-hybridized carbons (Fsp3) is 0.600. The molecule has 0 saturated carbocycles. The minimum Gasteiger partial charge on any atom is -0.381 e. The van der Waals surface area contributed by atoms with Crippen LogP contribution >= 0.6 is 0 Å². The normalized spacial score (nSPS) is 19.1. The van der Waals surface area contributed by atoms with Crippen molar-refractivity contribution in [3.05, 3.63) is 35.9 Å². The summed E-state index contributed by atoms with van der Waals surface area (Å²) in [4.78, 5) is 2.51. The molecule has 100 valence electrons. The Bertz CT molecular complexity index is 336. The van der Waals surface area contributed by atoms with Crippen LogP contribution in [-0.4, -0.2) is 44.8 Å². The van der Waals surface area contributed by atoms with Gasteiger partial charge in [-0.3, -0.25) is 4.90 Å². The molecule has 3 heteroatoms. The first-order valence-electron chi connectivity index (χ1n) is 6.82. The second-order valence-corrected chi connectivity index (χ2v) is 4.99. The van der Waals surface area contributed by atoms with E-state index in [0.29, 0.717) is 12.1 Å². The van der Waals surface area contributed by atoms with Crippen molar-refractivity contribution in [3.63, 3.8) is 0 Å². The van der Waals surface area contributed by atoms with Crippen LogP contribution in [-0.2, 0) is 4.74 Å². The van der Waals surface area contributed by atoms with Gasteiger partial charge in [0, 0.05) is 31.8 Å². The molecule has 0 spiro atoms. The molecule has 1 aliphatic heterocycles. The van der Waals surface area contributed by atoms with Crippen LogP contribution in [0.2, 0.25) is 0 Å². The zero-order valence-corrected chi connectivity index (χ0v) is 11.4. The Labute approximate surface area is 110 Å². The number of nitrogens with zero attached hydrogens (tertiary/aromatic N) is 1. The van der Waals surface area contributed by atoms with Gasteiger partial charge < -0.3 is 10.1 Å². The fourth-order valence-corrected chi connectivity index (χ4v) is 2.71. The Morgan fingerprint density at radius 3 is 2.56 bits per heavy atom. The van der Waals surface area contributed by atoms with Crippen molar-refractivity contribution in [1.29, 1.82) is 0 Å². The number of hydrogen-bond donors (Lipinski definition) is 1. The number of hydrogen-bond acceptors (Lipinski definition) is 3. The van der Waals surface area contributed by atoms with Gasteiger partial charge in [-0.25, -0.2) is 0 Å². The Morgan fingerprint density at radius 1 is 1.28 bits per heavy atom. The maximum absolute atomic E-state index is 5.45. The zero-order valence-electron chi connectivity index (χ0n) is 11.4. The fourth-order valence-electron chi connectivity index (χ4n) is 2.71. The van der Waals surface area contributed by atoms with Gasteiger partial charge in [0.15, 0.2) is 0 Å². The van der Waals surface area contributed by atoms with Crippen molar-refractivity contribution in [3.8, 4) is 0 Å². The molecule has 0 amide bonds. The molecule has 0 aromatic heterocycles. The predicted molar refractivity (Wildman–Crippen MR) is 74.7 cm³/mol. The molecule has 1 saturated heterocycles. The van der Waals surface area contributed by atoms with Crippen LogP contribution in [0, 0.1) is 0 Å². The molecule has 2 rings (SSSR count). The third kappa shape index (κ3) is 3.31. The van der Waals surface area contributed by atoms with Gasteiger partial charge in [0.1, 0.15) is 0 Å². The van der Waals surface area contributed by atoms with Crippen LogP contribution in [0.3, 0.4) is 0 Å². The summed E-state index contributed by atoms with van der Waals surface area (Å²) >= 11 is 0. The number of nitrogens with one attached hydrogen (secondary N) is 1. The molecule has 1 atom stereocenters. The molecule has 1 unspecified atom stereocenters. The molecule has 1 fully saturated rings. The molecule has 1 aromatic rings. The molecule has 1 N–H and O–H groups in total. The highest BCUT2D eigenvalue weighted by molar-refractivity contribution is 5.19. The van der Waals surface area contributed by atoms with E-state index in [1.165, 1.54) is 5.56 Å². The Kier molecular flexibility index (Phi) is 5.17. The first-order chi connectivity index (χ1) is 8.83. The molecule has 18 heavy (non-hydrogen) atoms. The maximum atomic E-state index is 5.45. The highest BCUT2D eigenvalue weighted by atomic mass is 16.5. The van der Waals surface area contributed by atoms with Gasteiger partial charge in [0.05, 0.1) is 0 Å². The average Bonchev–Trinajstić information content (AvgIpc) is 2.46. The van der Waals surface area contributed by atoms with Crippen LogP contribution in [0.5, 0.6) is 0 Å². The lowest BCUT2D eigenvalue weighted by Crippen LogP contribution is -2.42. The Balaban J connectivity index is 2.08. The maximum Gasteiger partial charge on any atom is 0.0480 e. The monoisotopic (exact) mass is 248 g/mol. The molecule has 1 aliphatic rings. The van der Waals surface area contributed by atoms with Gasteiger partial charge in [-0.05, 0) is 32.5 Å². The van der Waals surface area contributed by atoms with Crippen molar-refractivity contribution in [1.82, 2.24) is 10.2 Å². The predicted octanol–water partition coefficient (Wildman–Crippen LogP) is 2.06. The number of benzene rings is 1. The lowest BCUT2D eigenvalue weighted by atomic mass is 10.0. The summed E-state index contributed by atoms with van der Waals surface area (Å²) < 4.78 is 5.45. The highest BCUT2D eigenvalue weighted by Crippen LogP contribution is 2.24. The molecule has 0 aliphatic carbocycles. The minimum atomic E-state index is 0.444. The summed E-state index contributed by atoms with van der Waals surface area (Å²) in [6, 6.07) is 11.8. The summed E-state index contributed by atoms with van der Waals surface area (Å²) in [5.41, 5.74) is 1.39. The summed E-state index contributed by atoms with van der Waals surface area (Å²) in [7, 11) is 4.26. The van der Waals surface area contributed by atoms with Crippen molar-refractivity contribution in [2.45, 2.75) is 24.9 Å². The van der Waals surface area contributed by atoms with Crippen LogP contribution in [0.15, 0.2) is 30.3 Å². The summed E-state index contributed by atoms with van der Waals surface area (Å²) in [5, 5.41) is 3.31. The minimum absolute atomic E-state index is 0.444. The Morgan fingerprint density at radius 2 is 1.94 bits per heavy atom. The SMILES string of the molecule is CNCC(c1ccccc1)N(C)C1CCOCC1. The highest BCUT2D eigenvalue weighted by Gasteiger charge is 2.25. The van der Waals surface area contributed by atoms with E-state index in [1.807, 2.05) is 7.05 Å². The van der Waals surface area contributed by atoms with Gasteiger partial charge in [0.2, 0.25) is 0 Å². The van der Waals surface area contributed by atoms with E-state index < -0.39 is 0 Å². The summed E-state index contributed by atoms with van der Waals surface area (Å²) in [6.07, 6.45) is 2.28. The largest absolute Gasteiger partial charge is 0.381 e. The van der Waals surface area contributed by atoms with Gasteiger partial charge >= 0.3 is 0 Å². The summed E-state index contributed by atoms with van der Waals surface area (Å²) in [5.74, 6) is 0. The van der Waals surface area contributed by atoms with E-state index in [4.69, 9.17) is 4.74 Å². The van der Waals surface area contributed by atoms with Gasteiger partial charge in [-0.1, -0.05) is 30.3 Å². The molecule has 3 nitrogen and oxygen atoms in total. The lowest BCUT2D eigenvalue weighted by Gasteiger charge is -2.37. The van der Waals surface area contributed by atoms with Crippen LogP contribution in [0.1, 0.15) is 24.4 Å². The molecule has 0 radical (unpaired) electrons. The second-order valence-electron chi connectivity index (χ2n) is 4.99. The topological polar surface area (TPSA) is 24.5 Å². The average molecular weight is 248 g/mol. The van der Waals surface area contributed by atoms with E-state index in [9.17, 15) is 0 Å². The van der Waals surface area contributed by atoms with Crippen molar-refractivity contribution < 1.29 is 4.74 Å². The van der Waals surface area contributed by atoms with Crippen molar-refractivity contribution >= 4 is 0 Å². The van der Waals surface area contributed by atoms with Crippen molar-refractivity contribution in [2.24, 2.45) is 0 Å². The third-order valence-corrected chi connectivity index (χ3v) is 3.84. The van der Waals surface area contributed by atoms with E-state index in [-0.39, 0.29) is 0 Å². The van der Waals surface area contributed by atoms with Crippen LogP contribution in [0.25, 0.3) is 0 Å². The number of rotatable bonds is 5. The zero-order chi connectivity index (χ0) is 12.8. The van der Waals surface area contributed by atoms with Crippen LogP contribution in [0.4, 0.5) is 0 Å². The summed E-state index contributed by atoms with van der Waals surface area (Å²) in [6.45, 7) is 2.78. The van der Waals surface area contributed by atoms with Gasteiger partial charge in [-0.2, -0.15) is 0 Å². The molecule has 1 aromatic carbocycles. The smallest absolute Gasteiger partial charge is 0.0480 e. The molecule has 1 heterocycles. The van der Waals surface area contributed by atoms with E-state index >= 15 is 0 Å².